The normalized spacial score (nSPS) is 19.9. The smallest absolute Gasteiger partial charge is 0.307 e. The summed E-state index contributed by atoms with van der Waals surface area (Å²) in [7, 11) is 1.61. The van der Waals surface area contributed by atoms with Crippen molar-refractivity contribution in [1.82, 2.24) is 5.32 Å². The van der Waals surface area contributed by atoms with E-state index in [1.165, 1.54) is 0 Å². The van der Waals surface area contributed by atoms with Crippen LogP contribution in [0, 0.1) is 11.8 Å². The van der Waals surface area contributed by atoms with Crippen molar-refractivity contribution in [2.45, 2.75) is 18.9 Å². The summed E-state index contributed by atoms with van der Waals surface area (Å²) >= 11 is 0. The number of carboxylic acids is 1. The summed E-state index contributed by atoms with van der Waals surface area (Å²) in [6.45, 7) is 0. The van der Waals surface area contributed by atoms with Gasteiger partial charge in [-0.15, -0.1) is 0 Å². The molecule has 0 heterocycles. The average molecular weight is 365 g/mol. The number of amides is 1. The lowest BCUT2D eigenvalue weighted by molar-refractivity contribution is -0.147. The van der Waals surface area contributed by atoms with E-state index >= 15 is 0 Å². The minimum atomic E-state index is -0.930. The van der Waals surface area contributed by atoms with Gasteiger partial charge in [-0.25, -0.2) is 0 Å². The summed E-state index contributed by atoms with van der Waals surface area (Å²) in [6, 6.07) is 16.8. The SMILES string of the molecule is COc1ccc([C@@H](NC(=O)[C@@H]2CC=CC[C@@H]2C(=O)O)c2ccccc2)cc1. The molecule has 3 rings (SSSR count). The zero-order valence-corrected chi connectivity index (χ0v) is 15.2. The molecule has 0 unspecified atom stereocenters. The molecule has 0 spiro atoms. The fraction of sp³-hybridized carbons (Fsp3) is 0.273. The second-order valence-corrected chi connectivity index (χ2v) is 6.62. The van der Waals surface area contributed by atoms with Gasteiger partial charge in [0.15, 0.2) is 0 Å². The number of allylic oxidation sites excluding steroid dienone is 2. The van der Waals surface area contributed by atoms with Gasteiger partial charge in [-0.2, -0.15) is 0 Å². The van der Waals surface area contributed by atoms with E-state index in [0.29, 0.717) is 12.8 Å². The van der Waals surface area contributed by atoms with E-state index in [9.17, 15) is 14.7 Å². The highest BCUT2D eigenvalue weighted by molar-refractivity contribution is 5.85. The quantitative estimate of drug-likeness (QED) is 0.768. The van der Waals surface area contributed by atoms with Gasteiger partial charge in [0.1, 0.15) is 5.75 Å². The molecule has 2 aromatic rings. The molecule has 140 valence electrons. The summed E-state index contributed by atoms with van der Waals surface area (Å²) < 4.78 is 5.21. The third-order valence-electron chi connectivity index (χ3n) is 4.96. The van der Waals surface area contributed by atoms with Crippen LogP contribution in [0.5, 0.6) is 5.75 Å². The van der Waals surface area contributed by atoms with Crippen molar-refractivity contribution in [3.05, 3.63) is 77.9 Å². The lowest BCUT2D eigenvalue weighted by atomic mass is 9.82. The molecule has 0 aliphatic heterocycles. The lowest BCUT2D eigenvalue weighted by Gasteiger charge is -2.27. The number of hydrogen-bond donors (Lipinski definition) is 2. The number of carbonyl (C=O) groups is 2. The molecule has 0 aromatic heterocycles. The van der Waals surface area contributed by atoms with E-state index < -0.39 is 17.8 Å². The summed E-state index contributed by atoms with van der Waals surface area (Å²) in [6.07, 6.45) is 4.54. The topological polar surface area (TPSA) is 75.6 Å². The van der Waals surface area contributed by atoms with Crippen molar-refractivity contribution < 1.29 is 19.4 Å². The van der Waals surface area contributed by atoms with Crippen LogP contribution in [0.25, 0.3) is 0 Å². The Hall–Kier alpha value is -3.08. The number of hydrogen-bond acceptors (Lipinski definition) is 3. The predicted molar refractivity (Wildman–Crippen MR) is 102 cm³/mol. The van der Waals surface area contributed by atoms with E-state index in [1.807, 2.05) is 66.7 Å². The number of ether oxygens (including phenoxy) is 1. The van der Waals surface area contributed by atoms with Crippen LogP contribution >= 0.6 is 0 Å². The van der Waals surface area contributed by atoms with Gasteiger partial charge in [-0.1, -0.05) is 54.6 Å². The first-order chi connectivity index (χ1) is 13.1. The lowest BCUT2D eigenvalue weighted by Crippen LogP contribution is -2.40. The molecular formula is C22H23NO4. The Balaban J connectivity index is 1.88. The second-order valence-electron chi connectivity index (χ2n) is 6.62. The van der Waals surface area contributed by atoms with Crippen LogP contribution in [-0.2, 0) is 9.59 Å². The van der Waals surface area contributed by atoms with Crippen LogP contribution < -0.4 is 10.1 Å². The molecule has 5 nitrogen and oxygen atoms in total. The van der Waals surface area contributed by atoms with Crippen LogP contribution in [0.15, 0.2) is 66.7 Å². The van der Waals surface area contributed by atoms with Gasteiger partial charge in [0.2, 0.25) is 5.91 Å². The number of nitrogens with one attached hydrogen (secondary N) is 1. The summed E-state index contributed by atoms with van der Waals surface area (Å²) in [5.41, 5.74) is 1.85. The Kier molecular flexibility index (Phi) is 5.91. The first kappa shape index (κ1) is 18.7. The molecule has 1 aliphatic carbocycles. The van der Waals surface area contributed by atoms with E-state index in [-0.39, 0.29) is 11.9 Å². The molecule has 0 bridgehead atoms. The molecule has 2 aromatic carbocycles. The average Bonchev–Trinajstić information content (AvgIpc) is 2.72. The summed E-state index contributed by atoms with van der Waals surface area (Å²) in [4.78, 5) is 24.5. The predicted octanol–water partition coefficient (Wildman–Crippen LogP) is 3.57. The number of aliphatic carboxylic acids is 1. The zero-order chi connectivity index (χ0) is 19.2. The van der Waals surface area contributed by atoms with Gasteiger partial charge in [0, 0.05) is 0 Å². The van der Waals surface area contributed by atoms with Crippen molar-refractivity contribution in [2.75, 3.05) is 7.11 Å². The first-order valence-electron chi connectivity index (χ1n) is 8.97. The monoisotopic (exact) mass is 365 g/mol. The molecule has 27 heavy (non-hydrogen) atoms. The van der Waals surface area contributed by atoms with E-state index in [0.717, 1.165) is 16.9 Å². The van der Waals surface area contributed by atoms with E-state index in [4.69, 9.17) is 4.74 Å². The summed E-state index contributed by atoms with van der Waals surface area (Å²) in [5, 5.41) is 12.5. The third-order valence-corrected chi connectivity index (χ3v) is 4.96. The number of rotatable bonds is 6. The highest BCUT2D eigenvalue weighted by Crippen LogP contribution is 2.29. The molecule has 0 saturated carbocycles. The zero-order valence-electron chi connectivity index (χ0n) is 15.2. The molecule has 1 aliphatic rings. The van der Waals surface area contributed by atoms with Gasteiger partial charge in [-0.3, -0.25) is 9.59 Å². The van der Waals surface area contributed by atoms with Crippen molar-refractivity contribution >= 4 is 11.9 Å². The Morgan fingerprint density at radius 2 is 1.56 bits per heavy atom. The Morgan fingerprint density at radius 3 is 2.15 bits per heavy atom. The van der Waals surface area contributed by atoms with Crippen molar-refractivity contribution in [2.24, 2.45) is 11.8 Å². The van der Waals surface area contributed by atoms with Gasteiger partial charge in [0.05, 0.1) is 25.0 Å². The van der Waals surface area contributed by atoms with Gasteiger partial charge in [-0.05, 0) is 36.1 Å². The number of benzene rings is 2. The third kappa shape index (κ3) is 4.37. The highest BCUT2D eigenvalue weighted by atomic mass is 16.5. The largest absolute Gasteiger partial charge is 0.497 e. The molecule has 3 atom stereocenters. The summed E-state index contributed by atoms with van der Waals surface area (Å²) in [5.74, 6) is -1.70. The highest BCUT2D eigenvalue weighted by Gasteiger charge is 2.35. The van der Waals surface area contributed by atoms with E-state index in [2.05, 4.69) is 5.32 Å². The fourth-order valence-electron chi connectivity index (χ4n) is 3.43. The maximum absolute atomic E-state index is 13.0. The van der Waals surface area contributed by atoms with Gasteiger partial charge >= 0.3 is 5.97 Å². The molecule has 1 amide bonds. The van der Waals surface area contributed by atoms with Crippen LogP contribution in [-0.4, -0.2) is 24.1 Å². The van der Waals surface area contributed by atoms with Gasteiger partial charge < -0.3 is 15.2 Å². The molecule has 0 radical (unpaired) electrons. The number of carbonyl (C=O) groups excluding carboxylic acids is 1. The molecule has 2 N–H and O–H groups in total. The van der Waals surface area contributed by atoms with Crippen LogP contribution in [0.1, 0.15) is 30.0 Å². The first-order valence-corrected chi connectivity index (χ1v) is 8.97. The maximum atomic E-state index is 13.0. The molecule has 5 heteroatoms. The molecule has 0 saturated heterocycles. The fourth-order valence-corrected chi connectivity index (χ4v) is 3.43. The second kappa shape index (κ2) is 8.54. The van der Waals surface area contributed by atoms with Crippen LogP contribution in [0.4, 0.5) is 0 Å². The van der Waals surface area contributed by atoms with Crippen molar-refractivity contribution in [3.63, 3.8) is 0 Å². The van der Waals surface area contributed by atoms with Crippen molar-refractivity contribution in [3.8, 4) is 5.75 Å². The number of carboxylic acid groups (broad SMARTS) is 1. The minimum absolute atomic E-state index is 0.239. The van der Waals surface area contributed by atoms with Crippen LogP contribution in [0.2, 0.25) is 0 Å². The Labute approximate surface area is 158 Å². The minimum Gasteiger partial charge on any atom is -0.497 e. The van der Waals surface area contributed by atoms with Crippen molar-refractivity contribution in [1.29, 1.82) is 0 Å². The maximum Gasteiger partial charge on any atom is 0.307 e. The van der Waals surface area contributed by atoms with Gasteiger partial charge in [0.25, 0.3) is 0 Å². The number of methoxy groups -OCH3 is 1. The van der Waals surface area contributed by atoms with E-state index in [1.54, 1.807) is 7.11 Å². The Bertz CT molecular complexity index is 814. The standard InChI is InChI=1S/C22H23NO4/c1-27-17-13-11-16(12-14-17)20(15-7-3-2-4-8-15)23-21(24)18-9-5-6-10-19(18)22(25)26/h2-8,11-14,18-20H,9-10H2,1H3,(H,23,24)(H,25,26)/t18-,19+,20+/m1/s1. The van der Waals surface area contributed by atoms with Crippen LogP contribution in [0.3, 0.4) is 0 Å². The molecular weight excluding hydrogens is 342 g/mol. The Morgan fingerprint density at radius 1 is 0.963 bits per heavy atom. The molecule has 0 fully saturated rings.